The third kappa shape index (κ3) is 5.62. The van der Waals surface area contributed by atoms with E-state index >= 15 is 0 Å². The van der Waals surface area contributed by atoms with E-state index in [4.69, 9.17) is 5.11 Å². The van der Waals surface area contributed by atoms with E-state index in [9.17, 15) is 9.59 Å². The van der Waals surface area contributed by atoms with Crippen molar-refractivity contribution in [1.29, 1.82) is 0 Å². The smallest absolute Gasteiger partial charge is 0.303 e. The van der Waals surface area contributed by atoms with Gasteiger partial charge < -0.3 is 10.0 Å². The number of nitrogens with zero attached hydrogens (tertiary/aromatic N) is 1. The normalized spacial score (nSPS) is 17.7. The number of amides is 1. The van der Waals surface area contributed by atoms with Crippen LogP contribution in [0.15, 0.2) is 0 Å². The minimum Gasteiger partial charge on any atom is -0.481 e. The summed E-state index contributed by atoms with van der Waals surface area (Å²) in [5, 5.41) is 8.77. The topological polar surface area (TPSA) is 57.6 Å². The van der Waals surface area contributed by atoms with Crippen LogP contribution in [-0.2, 0) is 9.59 Å². The Morgan fingerprint density at radius 1 is 1.16 bits per heavy atom. The highest BCUT2D eigenvalue weighted by Crippen LogP contribution is 2.25. The van der Waals surface area contributed by atoms with Gasteiger partial charge in [0.1, 0.15) is 0 Å². The van der Waals surface area contributed by atoms with Gasteiger partial charge >= 0.3 is 5.97 Å². The van der Waals surface area contributed by atoms with Gasteiger partial charge in [0.2, 0.25) is 5.91 Å². The number of carbonyl (C=O) groups is 2. The fourth-order valence-corrected chi connectivity index (χ4v) is 2.85. The Kier molecular flexibility index (Phi) is 6.32. The molecule has 0 aromatic rings. The average molecular weight is 269 g/mol. The predicted molar refractivity (Wildman–Crippen MR) is 74.8 cm³/mol. The maximum atomic E-state index is 12.4. The lowest BCUT2D eigenvalue weighted by Gasteiger charge is -2.31. The van der Waals surface area contributed by atoms with E-state index in [1.165, 1.54) is 12.8 Å². The minimum absolute atomic E-state index is 0.0753. The maximum Gasteiger partial charge on any atom is 0.303 e. The molecule has 110 valence electrons. The molecule has 4 heteroatoms. The van der Waals surface area contributed by atoms with Crippen molar-refractivity contribution >= 4 is 11.9 Å². The van der Waals surface area contributed by atoms with Crippen LogP contribution in [0.1, 0.15) is 59.3 Å². The largest absolute Gasteiger partial charge is 0.481 e. The van der Waals surface area contributed by atoms with Crippen LogP contribution in [0.2, 0.25) is 0 Å². The summed E-state index contributed by atoms with van der Waals surface area (Å²) in [6.45, 7) is 6.88. The van der Waals surface area contributed by atoms with Crippen LogP contribution in [0.3, 0.4) is 0 Å². The third-order valence-corrected chi connectivity index (χ3v) is 3.69. The Labute approximate surface area is 116 Å². The molecule has 1 saturated carbocycles. The third-order valence-electron chi connectivity index (χ3n) is 3.69. The first-order valence-electron chi connectivity index (χ1n) is 7.41. The molecule has 1 N–H and O–H groups in total. The Balaban J connectivity index is 2.57. The Hall–Kier alpha value is -1.06. The quantitative estimate of drug-likeness (QED) is 0.773. The number of rotatable bonds is 7. The van der Waals surface area contributed by atoms with Crippen molar-refractivity contribution in [1.82, 2.24) is 4.90 Å². The zero-order valence-electron chi connectivity index (χ0n) is 12.4. The number of hydrogen-bond donors (Lipinski definition) is 1. The number of carbonyl (C=O) groups excluding carboxylic acids is 1. The molecule has 0 bridgehead atoms. The van der Waals surface area contributed by atoms with E-state index in [2.05, 4.69) is 13.8 Å². The molecule has 1 atom stereocenters. The zero-order valence-corrected chi connectivity index (χ0v) is 12.4. The molecule has 19 heavy (non-hydrogen) atoms. The fraction of sp³-hybridized carbons (Fsp3) is 0.867. The lowest BCUT2D eigenvalue weighted by molar-refractivity contribution is -0.139. The van der Waals surface area contributed by atoms with Crippen LogP contribution in [0.25, 0.3) is 0 Å². The van der Waals surface area contributed by atoms with Crippen molar-refractivity contribution in [2.45, 2.75) is 65.3 Å². The first kappa shape index (κ1) is 16.0. The van der Waals surface area contributed by atoms with Gasteiger partial charge in [0.05, 0.1) is 0 Å². The number of carboxylic acid groups (broad SMARTS) is 1. The van der Waals surface area contributed by atoms with E-state index in [1.807, 2.05) is 11.8 Å². The summed E-state index contributed by atoms with van der Waals surface area (Å²) < 4.78 is 0. The molecule has 0 heterocycles. The molecule has 1 fully saturated rings. The lowest BCUT2D eigenvalue weighted by atomic mass is 10.0. The second-order valence-corrected chi connectivity index (χ2v) is 6.29. The van der Waals surface area contributed by atoms with Gasteiger partial charge in [-0.1, -0.05) is 33.6 Å². The molecule has 0 aromatic heterocycles. The molecule has 0 spiro atoms. The first-order chi connectivity index (χ1) is 8.90. The molecule has 1 aliphatic rings. The van der Waals surface area contributed by atoms with Gasteiger partial charge in [-0.05, 0) is 24.7 Å². The molecule has 0 radical (unpaired) electrons. The van der Waals surface area contributed by atoms with Gasteiger partial charge in [-0.15, -0.1) is 0 Å². The van der Waals surface area contributed by atoms with E-state index in [1.54, 1.807) is 0 Å². The van der Waals surface area contributed by atoms with Crippen molar-refractivity contribution < 1.29 is 14.7 Å². The molecule has 1 aliphatic carbocycles. The maximum absolute atomic E-state index is 12.4. The minimum atomic E-state index is -0.823. The standard InChI is InChI=1S/C15H27NO3/c1-11(2)10-16(13-6-4-5-7-13)14(17)8-12(3)9-15(18)19/h11-13H,4-10H2,1-3H3,(H,18,19). The van der Waals surface area contributed by atoms with Crippen molar-refractivity contribution in [3.8, 4) is 0 Å². The zero-order chi connectivity index (χ0) is 14.4. The molecule has 1 amide bonds. The van der Waals surface area contributed by atoms with Gasteiger partial charge in [-0.25, -0.2) is 0 Å². The molecular formula is C15H27NO3. The number of carboxylic acids is 1. The summed E-state index contributed by atoms with van der Waals surface area (Å²) in [6, 6.07) is 0.381. The molecule has 0 aliphatic heterocycles. The predicted octanol–water partition coefficient (Wildman–Crippen LogP) is 2.91. The summed E-state index contributed by atoms with van der Waals surface area (Å²) >= 11 is 0. The molecule has 0 saturated heterocycles. The van der Waals surface area contributed by atoms with Crippen LogP contribution in [0, 0.1) is 11.8 Å². The monoisotopic (exact) mass is 269 g/mol. The molecular weight excluding hydrogens is 242 g/mol. The summed E-state index contributed by atoms with van der Waals surface area (Å²) in [5.74, 6) is -0.314. The van der Waals surface area contributed by atoms with Gasteiger partial charge in [-0.3, -0.25) is 9.59 Å². The van der Waals surface area contributed by atoms with Gasteiger partial charge in [0.15, 0.2) is 0 Å². The van der Waals surface area contributed by atoms with Crippen molar-refractivity contribution in [3.63, 3.8) is 0 Å². The van der Waals surface area contributed by atoms with Gasteiger partial charge in [0, 0.05) is 25.4 Å². The highest BCUT2D eigenvalue weighted by Gasteiger charge is 2.28. The molecule has 4 nitrogen and oxygen atoms in total. The summed E-state index contributed by atoms with van der Waals surface area (Å²) in [4.78, 5) is 25.1. The fourth-order valence-electron chi connectivity index (χ4n) is 2.85. The second kappa shape index (κ2) is 7.51. The Bertz CT molecular complexity index is 309. The molecule has 1 unspecified atom stereocenters. The van der Waals surface area contributed by atoms with E-state index in [0.29, 0.717) is 18.4 Å². The van der Waals surface area contributed by atoms with Crippen LogP contribution in [-0.4, -0.2) is 34.5 Å². The average Bonchev–Trinajstić information content (AvgIpc) is 2.77. The second-order valence-electron chi connectivity index (χ2n) is 6.29. The van der Waals surface area contributed by atoms with E-state index in [0.717, 1.165) is 19.4 Å². The molecule has 0 aromatic carbocycles. The van der Waals surface area contributed by atoms with Crippen molar-refractivity contribution in [3.05, 3.63) is 0 Å². The first-order valence-corrected chi connectivity index (χ1v) is 7.41. The Morgan fingerprint density at radius 3 is 2.21 bits per heavy atom. The van der Waals surface area contributed by atoms with Crippen LogP contribution >= 0.6 is 0 Å². The van der Waals surface area contributed by atoms with Crippen molar-refractivity contribution in [2.24, 2.45) is 11.8 Å². The SMILES string of the molecule is CC(C)CN(C(=O)CC(C)CC(=O)O)C1CCCC1. The van der Waals surface area contributed by atoms with E-state index < -0.39 is 5.97 Å². The Morgan fingerprint density at radius 2 is 1.74 bits per heavy atom. The molecule has 1 rings (SSSR count). The summed E-state index contributed by atoms with van der Waals surface area (Å²) in [5.41, 5.74) is 0. The van der Waals surface area contributed by atoms with Crippen LogP contribution in [0.5, 0.6) is 0 Å². The summed E-state index contributed by atoms with van der Waals surface area (Å²) in [6.07, 6.45) is 5.05. The van der Waals surface area contributed by atoms with Gasteiger partial charge in [-0.2, -0.15) is 0 Å². The van der Waals surface area contributed by atoms with E-state index in [-0.39, 0.29) is 18.2 Å². The number of aliphatic carboxylic acids is 1. The van der Waals surface area contributed by atoms with Crippen molar-refractivity contribution in [2.75, 3.05) is 6.54 Å². The number of hydrogen-bond acceptors (Lipinski definition) is 2. The van der Waals surface area contributed by atoms with Crippen LogP contribution < -0.4 is 0 Å². The van der Waals surface area contributed by atoms with Gasteiger partial charge in [0.25, 0.3) is 0 Å². The highest BCUT2D eigenvalue weighted by molar-refractivity contribution is 5.77. The van der Waals surface area contributed by atoms with Crippen LogP contribution in [0.4, 0.5) is 0 Å². The summed E-state index contributed by atoms with van der Waals surface area (Å²) in [7, 11) is 0. The highest BCUT2D eigenvalue weighted by atomic mass is 16.4. The lowest BCUT2D eigenvalue weighted by Crippen LogP contribution is -2.41.